The van der Waals surface area contributed by atoms with Crippen molar-refractivity contribution in [2.24, 2.45) is 0 Å². The molecule has 39 heavy (non-hydrogen) atoms. The number of aryl methyl sites for hydroxylation is 2. The Morgan fingerprint density at radius 3 is 1.87 bits per heavy atom. The van der Waals surface area contributed by atoms with Crippen LogP contribution in [0.15, 0.2) is 42.5 Å². The third kappa shape index (κ3) is 6.96. The normalized spacial score (nSPS) is 14.0. The van der Waals surface area contributed by atoms with Gasteiger partial charge in [0.25, 0.3) is 5.60 Å². The quantitative estimate of drug-likeness (QED) is 0.240. The number of hydrogen-bond donors (Lipinski definition) is 1. The van der Waals surface area contributed by atoms with Gasteiger partial charge in [0.1, 0.15) is 18.5 Å². The molecule has 0 bridgehead atoms. The number of alkyl halides is 6. The summed E-state index contributed by atoms with van der Waals surface area (Å²) < 4.78 is 89.2. The maximum atomic E-state index is 13.1. The van der Waals surface area contributed by atoms with Crippen molar-refractivity contribution in [3.63, 3.8) is 0 Å². The minimum Gasteiger partial charge on any atom is -0.489 e. The summed E-state index contributed by atoms with van der Waals surface area (Å²) in [7, 11) is 0. The fraction of sp³-hybridized carbons (Fsp3) is 0.483. The first kappa shape index (κ1) is 32.2. The van der Waals surface area contributed by atoms with Gasteiger partial charge in [0, 0.05) is 12.3 Å². The molecule has 0 fully saturated rings. The Hall–Kier alpha value is -3.01. The fourth-order valence-electron chi connectivity index (χ4n) is 4.59. The monoisotopic (exact) mass is 560 g/mol. The highest BCUT2D eigenvalue weighted by atomic mass is 19.4. The maximum absolute atomic E-state index is 13.1. The number of esters is 1. The first-order valence-corrected chi connectivity index (χ1v) is 12.5. The Labute approximate surface area is 224 Å². The van der Waals surface area contributed by atoms with Gasteiger partial charge in [-0.05, 0) is 73.6 Å². The average molecular weight is 561 g/mol. The number of benzene rings is 2. The van der Waals surface area contributed by atoms with Crippen LogP contribution >= 0.6 is 0 Å². The molecule has 0 saturated heterocycles. The maximum Gasteiger partial charge on any atom is 0.430 e. The van der Waals surface area contributed by atoms with Crippen LogP contribution in [-0.4, -0.2) is 41.7 Å². The van der Waals surface area contributed by atoms with Crippen molar-refractivity contribution < 1.29 is 45.7 Å². The molecular formula is C29H34F6O4. The van der Waals surface area contributed by atoms with E-state index in [0.717, 1.165) is 16.7 Å². The molecular weight excluding hydrogens is 526 g/mol. The predicted octanol–water partition coefficient (Wildman–Crippen LogP) is 7.61. The van der Waals surface area contributed by atoms with Crippen molar-refractivity contribution in [2.45, 2.75) is 83.9 Å². The minimum atomic E-state index is -5.93. The second-order valence-electron chi connectivity index (χ2n) is 9.67. The summed E-state index contributed by atoms with van der Waals surface area (Å²) in [6.45, 7) is 10.7. The standard InChI is InChI=1S/C29H34F6O4/c1-7-26(8-2,24-11-12-25(19(4)16-24)38-17-20(5)39-21(6)36)23-10-9-22(18(3)15-23)13-14-27(37,28(30,31)32)29(33,34)35/h9-16,20,37H,7-8,17H2,1-6H3/b14-13+/t20-/m0/s1. The van der Waals surface area contributed by atoms with Gasteiger partial charge in [-0.1, -0.05) is 50.3 Å². The summed E-state index contributed by atoms with van der Waals surface area (Å²) in [4.78, 5) is 11.1. The van der Waals surface area contributed by atoms with Crippen molar-refractivity contribution in [3.8, 4) is 5.75 Å². The van der Waals surface area contributed by atoms with E-state index in [1.807, 2.05) is 39.0 Å². The van der Waals surface area contributed by atoms with Crippen molar-refractivity contribution in [2.75, 3.05) is 6.61 Å². The zero-order chi connectivity index (χ0) is 29.8. The van der Waals surface area contributed by atoms with Gasteiger partial charge < -0.3 is 14.6 Å². The van der Waals surface area contributed by atoms with Gasteiger partial charge in [-0.25, -0.2) is 0 Å². The molecule has 2 rings (SSSR count). The molecule has 0 aliphatic heterocycles. The van der Waals surface area contributed by atoms with Gasteiger partial charge in [0.15, 0.2) is 0 Å². The summed E-state index contributed by atoms with van der Waals surface area (Å²) in [5.74, 6) is 0.222. The summed E-state index contributed by atoms with van der Waals surface area (Å²) >= 11 is 0. The van der Waals surface area contributed by atoms with Crippen LogP contribution in [0.5, 0.6) is 5.75 Å². The lowest BCUT2D eigenvalue weighted by molar-refractivity contribution is -0.347. The number of rotatable bonds is 10. The molecule has 10 heteroatoms. The molecule has 0 aliphatic carbocycles. The lowest BCUT2D eigenvalue weighted by atomic mass is 9.70. The van der Waals surface area contributed by atoms with Crippen molar-refractivity contribution in [1.82, 2.24) is 0 Å². The molecule has 0 spiro atoms. The number of carbonyl (C=O) groups is 1. The number of hydrogen-bond acceptors (Lipinski definition) is 4. The Bertz CT molecular complexity index is 1170. The summed E-state index contributed by atoms with van der Waals surface area (Å²) in [5, 5.41) is 9.43. The van der Waals surface area contributed by atoms with Crippen LogP contribution in [0, 0.1) is 13.8 Å². The van der Waals surface area contributed by atoms with Gasteiger partial charge >= 0.3 is 18.3 Å². The largest absolute Gasteiger partial charge is 0.489 e. The smallest absolute Gasteiger partial charge is 0.430 e. The molecule has 0 radical (unpaired) electrons. The topological polar surface area (TPSA) is 55.8 Å². The van der Waals surface area contributed by atoms with Crippen LogP contribution in [0.2, 0.25) is 0 Å². The molecule has 1 atom stereocenters. The lowest BCUT2D eigenvalue weighted by Gasteiger charge is -2.34. The number of aliphatic hydroxyl groups is 1. The zero-order valence-electron chi connectivity index (χ0n) is 22.8. The van der Waals surface area contributed by atoms with E-state index in [4.69, 9.17) is 9.47 Å². The highest BCUT2D eigenvalue weighted by molar-refractivity contribution is 5.66. The van der Waals surface area contributed by atoms with E-state index in [1.54, 1.807) is 26.0 Å². The molecule has 0 amide bonds. The van der Waals surface area contributed by atoms with Crippen molar-refractivity contribution in [3.05, 3.63) is 70.3 Å². The van der Waals surface area contributed by atoms with E-state index in [0.29, 0.717) is 30.2 Å². The van der Waals surface area contributed by atoms with E-state index >= 15 is 0 Å². The van der Waals surface area contributed by atoms with E-state index in [-0.39, 0.29) is 18.2 Å². The molecule has 2 aromatic rings. The fourth-order valence-corrected chi connectivity index (χ4v) is 4.59. The van der Waals surface area contributed by atoms with Crippen molar-refractivity contribution in [1.29, 1.82) is 0 Å². The number of ether oxygens (including phenoxy) is 2. The van der Waals surface area contributed by atoms with E-state index < -0.39 is 35.4 Å². The number of carbonyl (C=O) groups excluding carboxylic acids is 1. The van der Waals surface area contributed by atoms with Crippen LogP contribution in [0.3, 0.4) is 0 Å². The molecule has 1 N–H and O–H groups in total. The Morgan fingerprint density at radius 1 is 0.923 bits per heavy atom. The predicted molar refractivity (Wildman–Crippen MR) is 137 cm³/mol. The molecule has 0 heterocycles. The number of halogens is 6. The van der Waals surface area contributed by atoms with Crippen LogP contribution in [-0.2, 0) is 14.9 Å². The highest BCUT2D eigenvalue weighted by Crippen LogP contribution is 2.45. The molecule has 0 unspecified atom stereocenters. The van der Waals surface area contributed by atoms with Gasteiger partial charge in [0.2, 0.25) is 0 Å². The Morgan fingerprint density at radius 2 is 1.44 bits per heavy atom. The van der Waals surface area contributed by atoms with Crippen molar-refractivity contribution >= 4 is 12.0 Å². The van der Waals surface area contributed by atoms with Crippen LogP contribution in [0.4, 0.5) is 26.3 Å². The first-order chi connectivity index (χ1) is 17.9. The van der Waals surface area contributed by atoms with E-state index in [2.05, 4.69) is 0 Å². The van der Waals surface area contributed by atoms with E-state index in [1.165, 1.54) is 13.0 Å². The second-order valence-corrected chi connectivity index (χ2v) is 9.67. The third-order valence-electron chi connectivity index (χ3n) is 6.97. The molecule has 0 aromatic heterocycles. The average Bonchev–Trinajstić information content (AvgIpc) is 2.82. The Balaban J connectivity index is 2.42. The second kappa shape index (κ2) is 12.0. The molecule has 4 nitrogen and oxygen atoms in total. The summed E-state index contributed by atoms with van der Waals surface area (Å²) in [5.41, 5.74) is -2.20. The molecule has 2 aromatic carbocycles. The van der Waals surface area contributed by atoms with Gasteiger partial charge in [-0.15, -0.1) is 0 Å². The molecule has 0 saturated carbocycles. The minimum absolute atomic E-state index is 0.119. The zero-order valence-corrected chi connectivity index (χ0v) is 22.8. The molecule has 216 valence electrons. The Kier molecular flexibility index (Phi) is 9.93. The van der Waals surface area contributed by atoms with Crippen LogP contribution in [0.25, 0.3) is 6.08 Å². The van der Waals surface area contributed by atoms with Crippen LogP contribution in [0.1, 0.15) is 68.4 Å². The first-order valence-electron chi connectivity index (χ1n) is 12.5. The SMILES string of the molecule is CCC(CC)(c1ccc(/C=C/C(O)(C(F)(F)F)C(F)(F)F)c(C)c1)c1ccc(OC[C@H](C)OC(C)=O)c(C)c1. The molecule has 0 aliphatic rings. The van der Waals surface area contributed by atoms with Gasteiger partial charge in [-0.2, -0.15) is 26.3 Å². The summed E-state index contributed by atoms with van der Waals surface area (Å²) in [6, 6.07) is 10.6. The van der Waals surface area contributed by atoms with Gasteiger partial charge in [-0.3, -0.25) is 4.79 Å². The lowest BCUT2D eigenvalue weighted by Crippen LogP contribution is -2.55. The van der Waals surface area contributed by atoms with E-state index in [9.17, 15) is 36.2 Å². The van der Waals surface area contributed by atoms with Gasteiger partial charge in [0.05, 0.1) is 0 Å². The third-order valence-corrected chi connectivity index (χ3v) is 6.97. The highest BCUT2D eigenvalue weighted by Gasteiger charge is 2.68. The summed E-state index contributed by atoms with van der Waals surface area (Å²) in [6.07, 6.45) is -10.6. The van der Waals surface area contributed by atoms with Crippen LogP contribution < -0.4 is 4.74 Å².